The van der Waals surface area contributed by atoms with Crippen LogP contribution in [0.4, 0.5) is 0 Å². The van der Waals surface area contributed by atoms with E-state index in [9.17, 15) is 0 Å². The molecule has 0 bridgehead atoms. The smallest absolute Gasteiger partial charge is 0.119 e. The molecule has 3 heteroatoms. The van der Waals surface area contributed by atoms with Gasteiger partial charge in [-0.25, -0.2) is 0 Å². The summed E-state index contributed by atoms with van der Waals surface area (Å²) in [5.41, 5.74) is 0. The summed E-state index contributed by atoms with van der Waals surface area (Å²) in [6.45, 7) is 1.72. The molecule has 1 aromatic carbocycles. The predicted molar refractivity (Wildman–Crippen MR) is 57.6 cm³/mol. The summed E-state index contributed by atoms with van der Waals surface area (Å²) in [7, 11) is 1.93. The highest BCUT2D eigenvalue weighted by atomic mass is 35.5. The van der Waals surface area contributed by atoms with Crippen LogP contribution in [0.25, 0.3) is 0 Å². The van der Waals surface area contributed by atoms with E-state index >= 15 is 0 Å². The number of nitrogens with one attached hydrogen (secondary N) is 1. The highest BCUT2D eigenvalue weighted by Crippen LogP contribution is 2.15. The van der Waals surface area contributed by atoms with Crippen molar-refractivity contribution in [3.63, 3.8) is 0 Å². The molecule has 0 aliphatic rings. The van der Waals surface area contributed by atoms with Gasteiger partial charge in [0.25, 0.3) is 0 Å². The minimum absolute atomic E-state index is 0. The summed E-state index contributed by atoms with van der Waals surface area (Å²) in [6, 6.07) is 7.41. The van der Waals surface area contributed by atoms with Crippen molar-refractivity contribution in [3.05, 3.63) is 29.3 Å². The van der Waals surface area contributed by atoms with Crippen LogP contribution in [-0.2, 0) is 0 Å². The number of hydrogen-bond donors (Lipinski definition) is 1. The fourth-order valence-corrected chi connectivity index (χ4v) is 1.10. The van der Waals surface area contributed by atoms with Gasteiger partial charge in [-0.3, -0.25) is 0 Å². The van der Waals surface area contributed by atoms with E-state index in [-0.39, 0.29) is 1.43 Å². The van der Waals surface area contributed by atoms with Crippen molar-refractivity contribution < 1.29 is 6.16 Å². The van der Waals surface area contributed by atoms with Crippen LogP contribution in [0.3, 0.4) is 0 Å². The van der Waals surface area contributed by atoms with Gasteiger partial charge in [-0.1, -0.05) is 11.6 Å². The lowest BCUT2D eigenvalue weighted by Gasteiger charge is -2.05. The first-order valence-electron chi connectivity index (χ1n) is 4.36. The first-order valence-corrected chi connectivity index (χ1v) is 4.73. The Hall–Kier alpha value is -0.730. The molecule has 0 saturated carbocycles. The first-order chi connectivity index (χ1) is 6.33. The topological polar surface area (TPSA) is 21.3 Å². The fraction of sp³-hybridized carbons (Fsp3) is 0.400. The van der Waals surface area contributed by atoms with Crippen LogP contribution in [0.15, 0.2) is 24.3 Å². The highest BCUT2D eigenvalue weighted by molar-refractivity contribution is 6.30. The summed E-state index contributed by atoms with van der Waals surface area (Å²) in [4.78, 5) is 0. The molecule has 1 N–H and O–H groups in total. The molecular weight excluding hydrogens is 186 g/mol. The summed E-state index contributed by atoms with van der Waals surface area (Å²) in [5.74, 6) is 0.875. The van der Waals surface area contributed by atoms with E-state index in [1.165, 1.54) is 0 Å². The summed E-state index contributed by atoms with van der Waals surface area (Å²) < 4.78 is 5.46. The van der Waals surface area contributed by atoms with Crippen molar-refractivity contribution in [3.8, 4) is 5.75 Å². The molecule has 74 valence electrons. The number of halogens is 1. The van der Waals surface area contributed by atoms with E-state index in [1.54, 1.807) is 0 Å². The van der Waals surface area contributed by atoms with E-state index in [4.69, 9.17) is 16.3 Å². The molecule has 0 aliphatic heterocycles. The van der Waals surface area contributed by atoms with E-state index < -0.39 is 0 Å². The van der Waals surface area contributed by atoms with Gasteiger partial charge >= 0.3 is 0 Å². The molecule has 2 nitrogen and oxygen atoms in total. The molecule has 0 aliphatic carbocycles. The third-order valence-corrected chi connectivity index (χ3v) is 1.91. The second-order valence-corrected chi connectivity index (χ2v) is 3.20. The Morgan fingerprint density at radius 3 is 2.69 bits per heavy atom. The minimum Gasteiger partial charge on any atom is -0.494 e. The van der Waals surface area contributed by atoms with Crippen LogP contribution in [0, 0.1) is 0 Å². The molecule has 0 unspecified atom stereocenters. The van der Waals surface area contributed by atoms with Crippen LogP contribution in [0.1, 0.15) is 7.85 Å². The van der Waals surface area contributed by atoms with Gasteiger partial charge in [0.2, 0.25) is 0 Å². The van der Waals surface area contributed by atoms with Crippen molar-refractivity contribution >= 4 is 11.6 Å². The Morgan fingerprint density at radius 2 is 2.08 bits per heavy atom. The molecule has 0 heterocycles. The Balaban J connectivity index is 0.00000169. The lowest BCUT2D eigenvalue weighted by molar-refractivity contribution is 0.310. The molecule has 0 aromatic heterocycles. The third-order valence-electron chi connectivity index (χ3n) is 1.65. The largest absolute Gasteiger partial charge is 0.494 e. The molecule has 0 atom stereocenters. The summed E-state index contributed by atoms with van der Waals surface area (Å²) in [6.07, 6.45) is 1.01. The minimum atomic E-state index is 0. The maximum atomic E-state index is 5.73. The van der Waals surface area contributed by atoms with Gasteiger partial charge in [0.1, 0.15) is 5.75 Å². The quantitative estimate of drug-likeness (QED) is 0.740. The molecule has 0 radical (unpaired) electrons. The zero-order valence-electron chi connectivity index (χ0n) is 7.72. The Labute approximate surface area is 85.3 Å². The second-order valence-electron chi connectivity index (χ2n) is 2.76. The van der Waals surface area contributed by atoms with Gasteiger partial charge in [-0.15, -0.1) is 0 Å². The Bertz CT molecular complexity index is 240. The van der Waals surface area contributed by atoms with Gasteiger partial charge in [0, 0.05) is 6.45 Å². The third kappa shape index (κ3) is 4.15. The van der Waals surface area contributed by atoms with Crippen molar-refractivity contribution in [1.29, 1.82) is 0 Å². The summed E-state index contributed by atoms with van der Waals surface area (Å²) >= 11 is 5.73. The summed E-state index contributed by atoms with van der Waals surface area (Å²) in [5, 5.41) is 3.80. The van der Waals surface area contributed by atoms with Crippen LogP contribution in [0.5, 0.6) is 5.75 Å². The zero-order valence-corrected chi connectivity index (χ0v) is 8.47. The Morgan fingerprint density at radius 1 is 1.38 bits per heavy atom. The maximum absolute atomic E-state index is 5.73. The van der Waals surface area contributed by atoms with E-state index in [0.29, 0.717) is 0 Å². The van der Waals surface area contributed by atoms with E-state index in [1.807, 2.05) is 31.3 Å². The molecule has 1 aromatic rings. The number of hydrogen-bond acceptors (Lipinski definition) is 2. The van der Waals surface area contributed by atoms with Gasteiger partial charge in [-0.05, 0) is 44.3 Å². The van der Waals surface area contributed by atoms with Gasteiger partial charge < -0.3 is 10.1 Å². The number of rotatable bonds is 5. The van der Waals surface area contributed by atoms with Gasteiger partial charge in [-0.2, -0.15) is 0 Å². The molecular formula is C10H16ClNO. The highest BCUT2D eigenvalue weighted by Gasteiger charge is 1.92. The van der Waals surface area contributed by atoms with Crippen molar-refractivity contribution in [2.75, 3.05) is 20.2 Å². The van der Waals surface area contributed by atoms with E-state index in [0.717, 1.165) is 30.3 Å². The van der Waals surface area contributed by atoms with Crippen LogP contribution in [-0.4, -0.2) is 20.2 Å². The lowest BCUT2D eigenvalue weighted by atomic mass is 10.3. The van der Waals surface area contributed by atoms with Crippen LogP contribution in [0.2, 0.25) is 5.02 Å². The number of ether oxygens (including phenoxy) is 1. The predicted octanol–water partition coefficient (Wildman–Crippen LogP) is 2.57. The molecule has 0 fully saturated rings. The molecule has 13 heavy (non-hydrogen) atoms. The van der Waals surface area contributed by atoms with Gasteiger partial charge in [0.15, 0.2) is 0 Å². The van der Waals surface area contributed by atoms with E-state index in [2.05, 4.69) is 5.32 Å². The molecule has 1 rings (SSSR count). The molecule has 0 amide bonds. The normalized spacial score (nSPS) is 10.0. The second kappa shape index (κ2) is 5.84. The average molecular weight is 202 g/mol. The monoisotopic (exact) mass is 201 g/mol. The maximum Gasteiger partial charge on any atom is 0.119 e. The van der Waals surface area contributed by atoms with Crippen LogP contribution >= 0.6 is 11.6 Å². The fourth-order valence-electron chi connectivity index (χ4n) is 0.970. The number of benzene rings is 1. The Kier molecular flexibility index (Phi) is 4.65. The average Bonchev–Trinajstić information content (AvgIpc) is 2.15. The van der Waals surface area contributed by atoms with Crippen molar-refractivity contribution in [2.24, 2.45) is 0 Å². The SMILES string of the molecule is CNCCCOc1ccc(Cl)cc1.[HH]. The lowest BCUT2D eigenvalue weighted by Crippen LogP contribution is -2.11. The standard InChI is InChI=1S/C10H14ClNO.H2/c1-12-7-2-8-13-10-5-3-9(11)4-6-10;/h3-6,12H,2,7-8H2,1H3;1H. The zero-order chi connectivity index (χ0) is 9.52. The van der Waals surface area contributed by atoms with Crippen molar-refractivity contribution in [2.45, 2.75) is 6.42 Å². The van der Waals surface area contributed by atoms with Crippen molar-refractivity contribution in [1.82, 2.24) is 5.32 Å². The van der Waals surface area contributed by atoms with Gasteiger partial charge in [0.05, 0.1) is 6.61 Å². The molecule has 0 spiro atoms. The van der Waals surface area contributed by atoms with Crippen LogP contribution < -0.4 is 10.1 Å². The molecule has 0 saturated heterocycles. The first kappa shape index (κ1) is 10.4.